The van der Waals surface area contributed by atoms with E-state index in [1.165, 1.54) is 0 Å². The number of hydrogen-bond acceptors (Lipinski definition) is 3. The van der Waals surface area contributed by atoms with E-state index < -0.39 is 6.10 Å². The van der Waals surface area contributed by atoms with Gasteiger partial charge in [0.25, 0.3) is 0 Å². The smallest absolute Gasteiger partial charge is 0.232 e. The van der Waals surface area contributed by atoms with Crippen LogP contribution in [0.1, 0.15) is 13.8 Å². The van der Waals surface area contributed by atoms with Gasteiger partial charge in [-0.2, -0.15) is 12.6 Å². The van der Waals surface area contributed by atoms with Crippen LogP contribution in [-0.2, 0) is 4.79 Å². The zero-order valence-corrected chi connectivity index (χ0v) is 8.34. The van der Waals surface area contributed by atoms with Crippen LogP contribution in [0.25, 0.3) is 0 Å². The highest BCUT2D eigenvalue weighted by Gasteiger charge is 2.39. The molecule has 1 aliphatic rings. The predicted octanol–water partition coefficient (Wildman–Crippen LogP) is 0.145. The summed E-state index contributed by atoms with van der Waals surface area (Å²) in [6.45, 7) is 5.01. The summed E-state index contributed by atoms with van der Waals surface area (Å²) in [4.78, 5) is 12.9. The van der Waals surface area contributed by atoms with E-state index in [2.05, 4.69) is 12.6 Å². The lowest BCUT2D eigenvalue weighted by molar-refractivity contribution is -0.127. The fraction of sp³-hybridized carbons (Fsp3) is 0.875. The Morgan fingerprint density at radius 3 is 2.67 bits per heavy atom. The first-order valence-electron chi connectivity index (χ1n) is 4.04. The number of rotatable bonds is 1. The molecule has 1 fully saturated rings. The number of nitrogens with zero attached hydrogens (tertiary/aromatic N) is 1. The molecular weight excluding hydrogens is 174 g/mol. The van der Waals surface area contributed by atoms with Crippen LogP contribution in [0.4, 0.5) is 0 Å². The molecule has 3 nitrogen and oxygen atoms in total. The van der Waals surface area contributed by atoms with Gasteiger partial charge in [-0.25, -0.2) is 0 Å². The minimum absolute atomic E-state index is 0.00274. The largest absolute Gasteiger partial charge is 0.391 e. The summed E-state index contributed by atoms with van der Waals surface area (Å²) >= 11 is 3.90. The van der Waals surface area contributed by atoms with Crippen LogP contribution in [0.5, 0.6) is 0 Å². The lowest BCUT2D eigenvalue weighted by atomic mass is 9.90. The summed E-state index contributed by atoms with van der Waals surface area (Å²) in [5, 5.41) is 9.55. The third-order valence-electron chi connectivity index (χ3n) is 2.38. The molecule has 0 aliphatic carbocycles. The monoisotopic (exact) mass is 189 g/mol. The zero-order valence-electron chi connectivity index (χ0n) is 7.45. The molecule has 1 unspecified atom stereocenters. The summed E-state index contributed by atoms with van der Waals surface area (Å²) < 4.78 is 0. The van der Waals surface area contributed by atoms with Crippen LogP contribution < -0.4 is 0 Å². The molecular formula is C8H15NO2S. The lowest BCUT2D eigenvalue weighted by Crippen LogP contribution is -2.31. The Bertz CT molecular complexity index is 193. The fourth-order valence-corrected chi connectivity index (χ4v) is 1.61. The van der Waals surface area contributed by atoms with Gasteiger partial charge < -0.3 is 10.0 Å². The number of aliphatic hydroxyl groups is 1. The molecule has 12 heavy (non-hydrogen) atoms. The maximum absolute atomic E-state index is 11.2. The van der Waals surface area contributed by atoms with Crippen LogP contribution >= 0.6 is 12.6 Å². The zero-order chi connectivity index (χ0) is 9.35. The standard InChI is InChI=1S/C8H15NO2S/c1-8(2)5-9(3-6(8)10)7(11)4-12/h6,10,12H,3-5H2,1-2H3. The number of β-amino-alcohol motifs (C(OH)–C–C–N with tert-alkyl or cyclic N) is 1. The lowest BCUT2D eigenvalue weighted by Gasteiger charge is -2.20. The first-order valence-corrected chi connectivity index (χ1v) is 4.67. The van der Waals surface area contributed by atoms with Gasteiger partial charge in [0.15, 0.2) is 0 Å². The van der Waals surface area contributed by atoms with Crippen LogP contribution in [0.15, 0.2) is 0 Å². The number of hydrogen-bond donors (Lipinski definition) is 2. The van der Waals surface area contributed by atoms with Gasteiger partial charge >= 0.3 is 0 Å². The van der Waals surface area contributed by atoms with Crippen molar-refractivity contribution in [3.05, 3.63) is 0 Å². The topological polar surface area (TPSA) is 40.5 Å². The molecule has 0 aromatic rings. The van der Waals surface area contributed by atoms with Crippen LogP contribution in [0.3, 0.4) is 0 Å². The molecule has 4 heteroatoms. The summed E-state index contributed by atoms with van der Waals surface area (Å²) in [5.74, 6) is 0.228. The molecule has 1 rings (SSSR count). The maximum Gasteiger partial charge on any atom is 0.232 e. The van der Waals surface area contributed by atoms with E-state index in [0.717, 1.165) is 0 Å². The summed E-state index contributed by atoms with van der Waals surface area (Å²) in [7, 11) is 0. The van der Waals surface area contributed by atoms with Gasteiger partial charge in [-0.1, -0.05) is 13.8 Å². The van der Waals surface area contributed by atoms with Crippen LogP contribution in [-0.4, -0.2) is 40.9 Å². The second kappa shape index (κ2) is 3.26. The second-order valence-corrected chi connectivity index (χ2v) is 4.25. The summed E-state index contributed by atoms with van der Waals surface area (Å²) in [6, 6.07) is 0. The Hall–Kier alpha value is -0.220. The Balaban J connectivity index is 2.60. The Kier molecular flexibility index (Phi) is 2.68. The van der Waals surface area contributed by atoms with E-state index in [1.54, 1.807) is 4.90 Å². The highest BCUT2D eigenvalue weighted by molar-refractivity contribution is 7.81. The Morgan fingerprint density at radius 2 is 2.33 bits per heavy atom. The molecule has 1 atom stereocenters. The van der Waals surface area contributed by atoms with Crippen molar-refractivity contribution in [1.82, 2.24) is 4.90 Å². The molecule has 70 valence electrons. The molecule has 0 bridgehead atoms. The number of aliphatic hydroxyl groups excluding tert-OH is 1. The first kappa shape index (κ1) is 9.86. The Labute approximate surface area is 78.2 Å². The SMILES string of the molecule is CC1(C)CN(C(=O)CS)CC1O. The molecule has 0 aromatic carbocycles. The molecule has 0 radical (unpaired) electrons. The number of likely N-dealkylation sites (tertiary alicyclic amines) is 1. The van der Waals surface area contributed by atoms with Gasteiger partial charge in [0.2, 0.25) is 5.91 Å². The van der Waals surface area contributed by atoms with E-state index >= 15 is 0 Å². The predicted molar refractivity (Wildman–Crippen MR) is 50.2 cm³/mol. The van der Waals surface area contributed by atoms with Crippen molar-refractivity contribution >= 4 is 18.5 Å². The highest BCUT2D eigenvalue weighted by Crippen LogP contribution is 2.29. The van der Waals surface area contributed by atoms with Crippen molar-refractivity contribution in [2.75, 3.05) is 18.8 Å². The number of thiol groups is 1. The van der Waals surface area contributed by atoms with Gasteiger partial charge in [-0.05, 0) is 0 Å². The molecule has 1 N–H and O–H groups in total. The van der Waals surface area contributed by atoms with Crippen molar-refractivity contribution in [1.29, 1.82) is 0 Å². The van der Waals surface area contributed by atoms with Crippen LogP contribution in [0.2, 0.25) is 0 Å². The van der Waals surface area contributed by atoms with Gasteiger partial charge in [0, 0.05) is 18.5 Å². The summed E-state index contributed by atoms with van der Waals surface area (Å²) in [6.07, 6.45) is -0.402. The van der Waals surface area contributed by atoms with Crippen molar-refractivity contribution in [3.8, 4) is 0 Å². The molecule has 1 saturated heterocycles. The number of carbonyl (C=O) groups excluding carboxylic acids is 1. The molecule has 0 spiro atoms. The maximum atomic E-state index is 11.2. The van der Waals surface area contributed by atoms with Crippen LogP contribution in [0, 0.1) is 5.41 Å². The average molecular weight is 189 g/mol. The van der Waals surface area contributed by atoms with E-state index in [1.807, 2.05) is 13.8 Å². The number of carbonyl (C=O) groups is 1. The normalized spacial score (nSPS) is 27.7. The van der Waals surface area contributed by atoms with Crippen molar-refractivity contribution in [3.63, 3.8) is 0 Å². The quantitative estimate of drug-likeness (QED) is 0.576. The van der Waals surface area contributed by atoms with Gasteiger partial charge in [-0.15, -0.1) is 0 Å². The Morgan fingerprint density at radius 1 is 1.75 bits per heavy atom. The molecule has 1 amide bonds. The van der Waals surface area contributed by atoms with E-state index in [4.69, 9.17) is 0 Å². The molecule has 0 saturated carbocycles. The average Bonchev–Trinajstić information content (AvgIpc) is 2.25. The van der Waals surface area contributed by atoms with E-state index in [-0.39, 0.29) is 17.1 Å². The molecule has 1 aliphatic heterocycles. The first-order chi connectivity index (χ1) is 5.47. The molecule has 0 aromatic heterocycles. The van der Waals surface area contributed by atoms with Crippen molar-refractivity contribution in [2.24, 2.45) is 5.41 Å². The van der Waals surface area contributed by atoms with Gasteiger partial charge in [0.05, 0.1) is 11.9 Å². The number of amides is 1. The van der Waals surface area contributed by atoms with Gasteiger partial charge in [-0.3, -0.25) is 4.79 Å². The minimum atomic E-state index is -0.402. The van der Waals surface area contributed by atoms with E-state index in [0.29, 0.717) is 13.1 Å². The van der Waals surface area contributed by atoms with Crippen molar-refractivity contribution in [2.45, 2.75) is 20.0 Å². The minimum Gasteiger partial charge on any atom is -0.391 e. The fourth-order valence-electron chi connectivity index (χ4n) is 1.41. The highest BCUT2D eigenvalue weighted by atomic mass is 32.1. The van der Waals surface area contributed by atoms with E-state index in [9.17, 15) is 9.90 Å². The van der Waals surface area contributed by atoms with Crippen molar-refractivity contribution < 1.29 is 9.90 Å². The molecule has 1 heterocycles. The summed E-state index contributed by atoms with van der Waals surface area (Å²) in [5.41, 5.74) is -0.168. The second-order valence-electron chi connectivity index (χ2n) is 3.94. The van der Waals surface area contributed by atoms with Gasteiger partial charge in [0.1, 0.15) is 0 Å². The third kappa shape index (κ3) is 1.75. The third-order valence-corrected chi connectivity index (χ3v) is 2.65.